The fourth-order valence-electron chi connectivity index (χ4n) is 2.27. The zero-order valence-corrected chi connectivity index (χ0v) is 12.1. The third-order valence-corrected chi connectivity index (χ3v) is 5.53. The molecule has 0 radical (unpaired) electrons. The first kappa shape index (κ1) is 14.9. The fraction of sp³-hybridized carbons (Fsp3) is 1.00. The molecule has 1 fully saturated rings. The van der Waals surface area contributed by atoms with E-state index < -0.39 is 10.0 Å². The van der Waals surface area contributed by atoms with E-state index in [0.717, 1.165) is 38.9 Å². The van der Waals surface area contributed by atoms with E-state index in [9.17, 15) is 8.42 Å². The number of sulfonamides is 1. The van der Waals surface area contributed by atoms with Crippen LogP contribution in [-0.2, 0) is 10.0 Å². The van der Waals surface area contributed by atoms with E-state index in [-0.39, 0.29) is 0 Å². The molecule has 5 heteroatoms. The highest BCUT2D eigenvalue weighted by Crippen LogP contribution is 2.25. The second kappa shape index (κ2) is 6.71. The summed E-state index contributed by atoms with van der Waals surface area (Å²) >= 11 is 0. The molecule has 1 N–H and O–H groups in total. The number of nitrogens with one attached hydrogen (secondary N) is 1. The maximum absolute atomic E-state index is 12.1. The molecule has 102 valence electrons. The summed E-state index contributed by atoms with van der Waals surface area (Å²) in [5.74, 6) is 1.43. The Bertz CT molecular complexity index is 314. The quantitative estimate of drug-likeness (QED) is 0.704. The molecule has 0 spiro atoms. The van der Waals surface area contributed by atoms with Crippen LogP contribution < -0.4 is 5.32 Å². The number of hydrogen-bond donors (Lipinski definition) is 1. The molecule has 4 nitrogen and oxygen atoms in total. The number of nitrogens with zero attached hydrogens (tertiary/aromatic N) is 1. The standard InChI is InChI=1S/C12H26N2O2S/c1-11(2)12-6-8-14(10-12)17(15,16)9-5-4-7-13-3/h11-13H,4-10H2,1-3H3. The largest absolute Gasteiger partial charge is 0.320 e. The van der Waals surface area contributed by atoms with Crippen LogP contribution in [0.15, 0.2) is 0 Å². The molecule has 1 aliphatic rings. The Hall–Kier alpha value is -0.130. The Morgan fingerprint density at radius 1 is 1.35 bits per heavy atom. The Balaban J connectivity index is 2.38. The van der Waals surface area contributed by atoms with Crippen LogP contribution in [-0.4, -0.2) is 45.2 Å². The van der Waals surface area contributed by atoms with Gasteiger partial charge in [0.15, 0.2) is 0 Å². The third-order valence-electron chi connectivity index (χ3n) is 3.60. The molecule has 1 heterocycles. The van der Waals surface area contributed by atoms with Crippen LogP contribution >= 0.6 is 0 Å². The van der Waals surface area contributed by atoms with Crippen molar-refractivity contribution in [3.63, 3.8) is 0 Å². The molecule has 0 bridgehead atoms. The number of hydrogen-bond acceptors (Lipinski definition) is 3. The van der Waals surface area contributed by atoms with Crippen molar-refractivity contribution in [3.05, 3.63) is 0 Å². The zero-order chi connectivity index (χ0) is 12.9. The lowest BCUT2D eigenvalue weighted by atomic mass is 9.96. The molecule has 0 saturated carbocycles. The van der Waals surface area contributed by atoms with Gasteiger partial charge >= 0.3 is 0 Å². The van der Waals surface area contributed by atoms with Crippen LogP contribution in [0.1, 0.15) is 33.1 Å². The summed E-state index contributed by atoms with van der Waals surface area (Å²) in [6.45, 7) is 6.69. The first-order valence-electron chi connectivity index (χ1n) is 6.60. The van der Waals surface area contributed by atoms with Crippen LogP contribution in [0.4, 0.5) is 0 Å². The molecule has 0 amide bonds. The molecule has 0 aromatic rings. The van der Waals surface area contributed by atoms with Crippen molar-refractivity contribution >= 4 is 10.0 Å². The van der Waals surface area contributed by atoms with E-state index in [1.54, 1.807) is 4.31 Å². The monoisotopic (exact) mass is 262 g/mol. The minimum Gasteiger partial charge on any atom is -0.320 e. The van der Waals surface area contributed by atoms with Gasteiger partial charge in [0.2, 0.25) is 10.0 Å². The highest BCUT2D eigenvalue weighted by Gasteiger charge is 2.31. The molecule has 0 aliphatic carbocycles. The predicted molar refractivity (Wildman–Crippen MR) is 71.5 cm³/mol. The van der Waals surface area contributed by atoms with Crippen molar-refractivity contribution in [2.45, 2.75) is 33.1 Å². The van der Waals surface area contributed by atoms with E-state index in [4.69, 9.17) is 0 Å². The van der Waals surface area contributed by atoms with Crippen LogP contribution in [0.25, 0.3) is 0 Å². The molecule has 17 heavy (non-hydrogen) atoms. The molecule has 1 atom stereocenters. The molecular weight excluding hydrogens is 236 g/mol. The molecule has 1 rings (SSSR count). The van der Waals surface area contributed by atoms with Gasteiger partial charge in [-0.15, -0.1) is 0 Å². The molecule has 0 aromatic carbocycles. The van der Waals surface area contributed by atoms with Crippen molar-refractivity contribution in [1.82, 2.24) is 9.62 Å². The number of rotatable bonds is 7. The number of unbranched alkanes of at least 4 members (excludes halogenated alkanes) is 1. The molecule has 1 saturated heterocycles. The highest BCUT2D eigenvalue weighted by atomic mass is 32.2. The zero-order valence-electron chi connectivity index (χ0n) is 11.3. The lowest BCUT2D eigenvalue weighted by Crippen LogP contribution is -2.31. The second-order valence-electron chi connectivity index (χ2n) is 5.28. The van der Waals surface area contributed by atoms with Gasteiger partial charge in [-0.3, -0.25) is 0 Å². The first-order chi connectivity index (χ1) is 7.97. The van der Waals surface area contributed by atoms with Gasteiger partial charge in [0, 0.05) is 13.1 Å². The Labute approximate surface area is 106 Å². The van der Waals surface area contributed by atoms with Crippen LogP contribution in [0.2, 0.25) is 0 Å². The van der Waals surface area contributed by atoms with Crippen molar-refractivity contribution in [2.75, 3.05) is 32.4 Å². The molecular formula is C12H26N2O2S. The maximum Gasteiger partial charge on any atom is 0.214 e. The molecule has 0 aromatic heterocycles. The normalized spacial score (nSPS) is 22.5. The summed E-state index contributed by atoms with van der Waals surface area (Å²) in [4.78, 5) is 0. The second-order valence-corrected chi connectivity index (χ2v) is 7.37. The van der Waals surface area contributed by atoms with E-state index in [2.05, 4.69) is 19.2 Å². The van der Waals surface area contributed by atoms with E-state index in [1.807, 2.05) is 7.05 Å². The topological polar surface area (TPSA) is 49.4 Å². The fourth-order valence-corrected chi connectivity index (χ4v) is 3.90. The average Bonchev–Trinajstić information content (AvgIpc) is 2.74. The van der Waals surface area contributed by atoms with Gasteiger partial charge in [-0.2, -0.15) is 0 Å². The SMILES string of the molecule is CNCCCCS(=O)(=O)N1CCC(C(C)C)C1. The van der Waals surface area contributed by atoms with Crippen molar-refractivity contribution in [3.8, 4) is 0 Å². The lowest BCUT2D eigenvalue weighted by molar-refractivity contribution is 0.388. The van der Waals surface area contributed by atoms with Crippen LogP contribution in [0.3, 0.4) is 0 Å². The van der Waals surface area contributed by atoms with Crippen molar-refractivity contribution in [2.24, 2.45) is 11.8 Å². The van der Waals surface area contributed by atoms with E-state index in [0.29, 0.717) is 17.6 Å². The summed E-state index contributed by atoms with van der Waals surface area (Å²) in [6, 6.07) is 0. The smallest absolute Gasteiger partial charge is 0.214 e. The van der Waals surface area contributed by atoms with Gasteiger partial charge in [0.1, 0.15) is 0 Å². The van der Waals surface area contributed by atoms with E-state index in [1.165, 1.54) is 0 Å². The summed E-state index contributed by atoms with van der Waals surface area (Å²) in [6.07, 6.45) is 2.70. The van der Waals surface area contributed by atoms with Gasteiger partial charge in [-0.25, -0.2) is 12.7 Å². The molecule has 1 unspecified atom stereocenters. The minimum atomic E-state index is -3.00. The van der Waals surface area contributed by atoms with Gasteiger partial charge in [-0.05, 0) is 44.7 Å². The van der Waals surface area contributed by atoms with Crippen LogP contribution in [0, 0.1) is 11.8 Å². The average molecular weight is 262 g/mol. The summed E-state index contributed by atoms with van der Waals surface area (Å²) in [5.41, 5.74) is 0. The van der Waals surface area contributed by atoms with Gasteiger partial charge in [-0.1, -0.05) is 13.8 Å². The van der Waals surface area contributed by atoms with Gasteiger partial charge < -0.3 is 5.32 Å². The van der Waals surface area contributed by atoms with Gasteiger partial charge in [0.05, 0.1) is 5.75 Å². The van der Waals surface area contributed by atoms with Gasteiger partial charge in [0.25, 0.3) is 0 Å². The van der Waals surface area contributed by atoms with E-state index >= 15 is 0 Å². The van der Waals surface area contributed by atoms with Crippen molar-refractivity contribution in [1.29, 1.82) is 0 Å². The lowest BCUT2D eigenvalue weighted by Gasteiger charge is -2.18. The third kappa shape index (κ3) is 4.56. The first-order valence-corrected chi connectivity index (χ1v) is 8.20. The Kier molecular flexibility index (Phi) is 5.89. The summed E-state index contributed by atoms with van der Waals surface area (Å²) < 4.78 is 25.8. The summed E-state index contributed by atoms with van der Waals surface area (Å²) in [7, 11) is -1.11. The predicted octanol–water partition coefficient (Wildman–Crippen LogP) is 1.29. The van der Waals surface area contributed by atoms with Crippen molar-refractivity contribution < 1.29 is 8.42 Å². The highest BCUT2D eigenvalue weighted by molar-refractivity contribution is 7.89. The summed E-state index contributed by atoms with van der Waals surface area (Å²) in [5, 5.41) is 3.04. The maximum atomic E-state index is 12.1. The minimum absolute atomic E-state index is 0.305. The molecule has 1 aliphatic heterocycles. The Morgan fingerprint density at radius 2 is 2.06 bits per heavy atom. The Morgan fingerprint density at radius 3 is 2.59 bits per heavy atom. The van der Waals surface area contributed by atoms with Crippen LogP contribution in [0.5, 0.6) is 0 Å².